The van der Waals surface area contributed by atoms with Gasteiger partial charge in [0.1, 0.15) is 5.76 Å². The third-order valence-electron chi connectivity index (χ3n) is 3.80. The third-order valence-corrected chi connectivity index (χ3v) is 4.13. The number of hydrogen-bond acceptors (Lipinski definition) is 5. The zero-order valence-electron chi connectivity index (χ0n) is 14.7. The molecule has 1 aromatic heterocycles. The van der Waals surface area contributed by atoms with Crippen LogP contribution in [0.15, 0.2) is 59.0 Å². The number of aryl methyl sites for hydroxylation is 1. The number of hydrogen-bond donors (Lipinski definition) is 1. The van der Waals surface area contributed by atoms with E-state index in [0.29, 0.717) is 22.4 Å². The first-order valence-corrected chi connectivity index (χ1v) is 8.62. The number of aromatic nitrogens is 1. The Labute approximate surface area is 161 Å². The Morgan fingerprint density at radius 1 is 1.11 bits per heavy atom. The molecule has 0 radical (unpaired) electrons. The van der Waals surface area contributed by atoms with Crippen LogP contribution in [0.1, 0.15) is 23.2 Å². The van der Waals surface area contributed by atoms with E-state index in [2.05, 4.69) is 10.3 Å². The lowest BCUT2D eigenvalue weighted by molar-refractivity contribution is -0.123. The molecule has 3 rings (SSSR count). The zero-order chi connectivity index (χ0) is 19.4. The van der Waals surface area contributed by atoms with Crippen LogP contribution in [-0.2, 0) is 9.53 Å². The van der Waals surface area contributed by atoms with Gasteiger partial charge in [0.15, 0.2) is 11.8 Å². The molecule has 1 N–H and O–H groups in total. The SMILES string of the molecule is Cc1oc(-c2ccccc2)nc1C(=O)O[C@@H](C)C(=O)Nc1ccccc1Cl. The summed E-state index contributed by atoms with van der Waals surface area (Å²) in [5.74, 6) is -0.605. The van der Waals surface area contributed by atoms with Gasteiger partial charge in [-0.25, -0.2) is 9.78 Å². The van der Waals surface area contributed by atoms with E-state index in [4.69, 9.17) is 20.8 Å². The standard InChI is InChI=1S/C20H17ClN2O4/c1-12-17(23-19(26-12)14-8-4-3-5-9-14)20(25)27-13(2)18(24)22-16-11-7-6-10-15(16)21/h3-11,13H,1-2H3,(H,22,24)/t13-/m0/s1. The molecular formula is C20H17ClN2O4. The minimum absolute atomic E-state index is 0.0336. The van der Waals surface area contributed by atoms with Crippen LogP contribution in [0.3, 0.4) is 0 Å². The molecule has 1 atom stereocenters. The summed E-state index contributed by atoms with van der Waals surface area (Å²) < 4.78 is 10.8. The number of carbonyl (C=O) groups excluding carboxylic acids is 2. The number of oxazole rings is 1. The van der Waals surface area contributed by atoms with Gasteiger partial charge in [0.2, 0.25) is 5.89 Å². The summed E-state index contributed by atoms with van der Waals surface area (Å²) in [6.07, 6.45) is -1.04. The molecular weight excluding hydrogens is 368 g/mol. The van der Waals surface area contributed by atoms with E-state index in [0.717, 1.165) is 5.56 Å². The molecule has 3 aromatic rings. The second kappa shape index (κ2) is 8.05. The second-order valence-electron chi connectivity index (χ2n) is 5.81. The molecule has 27 heavy (non-hydrogen) atoms. The van der Waals surface area contributed by atoms with Gasteiger partial charge in [-0.1, -0.05) is 41.9 Å². The van der Waals surface area contributed by atoms with Crippen LogP contribution in [-0.4, -0.2) is 23.0 Å². The lowest BCUT2D eigenvalue weighted by Gasteiger charge is -2.13. The molecule has 0 aliphatic heterocycles. The molecule has 0 saturated carbocycles. The van der Waals surface area contributed by atoms with Gasteiger partial charge >= 0.3 is 5.97 Å². The van der Waals surface area contributed by atoms with Crippen LogP contribution in [0, 0.1) is 6.92 Å². The van der Waals surface area contributed by atoms with Gasteiger partial charge in [-0.15, -0.1) is 0 Å². The van der Waals surface area contributed by atoms with Crippen molar-refractivity contribution in [1.29, 1.82) is 0 Å². The molecule has 0 aliphatic rings. The lowest BCUT2D eigenvalue weighted by atomic mass is 10.2. The van der Waals surface area contributed by atoms with Crippen molar-refractivity contribution in [3.63, 3.8) is 0 Å². The van der Waals surface area contributed by atoms with Crippen LogP contribution in [0.25, 0.3) is 11.5 Å². The number of esters is 1. The number of amides is 1. The average Bonchev–Trinajstić information content (AvgIpc) is 3.06. The number of nitrogens with one attached hydrogen (secondary N) is 1. The maximum absolute atomic E-state index is 12.4. The Morgan fingerprint density at radius 3 is 2.48 bits per heavy atom. The van der Waals surface area contributed by atoms with Crippen LogP contribution >= 0.6 is 11.6 Å². The van der Waals surface area contributed by atoms with Gasteiger partial charge in [0, 0.05) is 5.56 Å². The maximum atomic E-state index is 12.4. The van der Waals surface area contributed by atoms with Crippen molar-refractivity contribution in [2.24, 2.45) is 0 Å². The molecule has 0 fully saturated rings. The van der Waals surface area contributed by atoms with Gasteiger partial charge in [-0.2, -0.15) is 0 Å². The highest BCUT2D eigenvalue weighted by atomic mass is 35.5. The number of ether oxygens (including phenoxy) is 1. The summed E-state index contributed by atoms with van der Waals surface area (Å²) in [4.78, 5) is 28.8. The monoisotopic (exact) mass is 384 g/mol. The van der Waals surface area contributed by atoms with Crippen LogP contribution in [0.5, 0.6) is 0 Å². The second-order valence-corrected chi connectivity index (χ2v) is 6.21. The van der Waals surface area contributed by atoms with Gasteiger partial charge in [-0.05, 0) is 38.1 Å². The van der Waals surface area contributed by atoms with E-state index in [1.807, 2.05) is 30.3 Å². The smallest absolute Gasteiger partial charge is 0.361 e. The Hall–Kier alpha value is -3.12. The summed E-state index contributed by atoms with van der Waals surface area (Å²) in [7, 11) is 0. The topological polar surface area (TPSA) is 81.4 Å². The molecule has 7 heteroatoms. The number of rotatable bonds is 5. The molecule has 1 amide bonds. The molecule has 0 spiro atoms. The highest BCUT2D eigenvalue weighted by molar-refractivity contribution is 6.33. The van der Waals surface area contributed by atoms with E-state index >= 15 is 0 Å². The quantitative estimate of drug-likeness (QED) is 0.655. The van der Waals surface area contributed by atoms with E-state index in [1.54, 1.807) is 31.2 Å². The first-order valence-electron chi connectivity index (χ1n) is 8.25. The first-order chi connectivity index (χ1) is 13.0. The molecule has 0 aliphatic carbocycles. The van der Waals surface area contributed by atoms with Gasteiger partial charge in [0.25, 0.3) is 5.91 Å². The molecule has 6 nitrogen and oxygen atoms in total. The highest BCUT2D eigenvalue weighted by Crippen LogP contribution is 2.23. The van der Waals surface area contributed by atoms with E-state index in [-0.39, 0.29) is 5.69 Å². The molecule has 2 aromatic carbocycles. The number of anilines is 1. The Balaban J connectivity index is 1.69. The number of halogens is 1. The number of nitrogens with zero attached hydrogens (tertiary/aromatic N) is 1. The normalized spacial score (nSPS) is 11.7. The first kappa shape index (κ1) is 18.7. The number of benzene rings is 2. The van der Waals surface area contributed by atoms with Crippen molar-refractivity contribution in [3.05, 3.63) is 71.1 Å². The summed E-state index contributed by atoms with van der Waals surface area (Å²) in [6, 6.07) is 16.0. The van der Waals surface area contributed by atoms with Gasteiger partial charge < -0.3 is 14.5 Å². The Kier molecular flexibility index (Phi) is 5.57. The number of carbonyl (C=O) groups is 2. The van der Waals surface area contributed by atoms with Crippen molar-refractivity contribution < 1.29 is 18.7 Å². The maximum Gasteiger partial charge on any atom is 0.361 e. The predicted octanol–water partition coefficient (Wildman–Crippen LogP) is 4.49. The minimum atomic E-state index is -1.04. The van der Waals surface area contributed by atoms with Gasteiger partial charge in [-0.3, -0.25) is 4.79 Å². The van der Waals surface area contributed by atoms with E-state index < -0.39 is 18.0 Å². The molecule has 138 valence electrons. The van der Waals surface area contributed by atoms with E-state index in [9.17, 15) is 9.59 Å². The highest BCUT2D eigenvalue weighted by Gasteiger charge is 2.24. The fourth-order valence-electron chi connectivity index (χ4n) is 2.36. The fourth-order valence-corrected chi connectivity index (χ4v) is 2.54. The number of para-hydroxylation sites is 1. The molecule has 1 heterocycles. The molecule has 0 saturated heterocycles. The van der Waals surface area contributed by atoms with Crippen molar-refractivity contribution in [1.82, 2.24) is 4.98 Å². The lowest BCUT2D eigenvalue weighted by Crippen LogP contribution is -2.30. The largest absolute Gasteiger partial charge is 0.448 e. The van der Waals surface area contributed by atoms with Gasteiger partial charge in [0.05, 0.1) is 10.7 Å². The van der Waals surface area contributed by atoms with Crippen molar-refractivity contribution in [3.8, 4) is 11.5 Å². The van der Waals surface area contributed by atoms with Crippen molar-refractivity contribution in [2.75, 3.05) is 5.32 Å². The zero-order valence-corrected chi connectivity index (χ0v) is 15.5. The average molecular weight is 385 g/mol. The Bertz CT molecular complexity index is 969. The minimum Gasteiger partial charge on any atom is -0.448 e. The summed E-state index contributed by atoms with van der Waals surface area (Å²) in [5, 5.41) is 3.01. The predicted molar refractivity (Wildman–Crippen MR) is 102 cm³/mol. The van der Waals surface area contributed by atoms with Crippen LogP contribution in [0.2, 0.25) is 5.02 Å². The third kappa shape index (κ3) is 4.35. The van der Waals surface area contributed by atoms with E-state index in [1.165, 1.54) is 6.92 Å². The molecule has 0 unspecified atom stereocenters. The van der Waals surface area contributed by atoms with Crippen molar-refractivity contribution >= 4 is 29.2 Å². The summed E-state index contributed by atoms with van der Waals surface area (Å²) in [6.45, 7) is 3.09. The van der Waals surface area contributed by atoms with Crippen LogP contribution in [0.4, 0.5) is 5.69 Å². The fraction of sp³-hybridized carbons (Fsp3) is 0.150. The summed E-state index contributed by atoms with van der Waals surface area (Å²) in [5.41, 5.74) is 1.21. The van der Waals surface area contributed by atoms with Crippen molar-refractivity contribution in [2.45, 2.75) is 20.0 Å². The van der Waals surface area contributed by atoms with Crippen LogP contribution < -0.4 is 5.32 Å². The summed E-state index contributed by atoms with van der Waals surface area (Å²) >= 11 is 6.01. The Morgan fingerprint density at radius 2 is 1.78 bits per heavy atom. The molecule has 0 bridgehead atoms.